The molecule has 1 aliphatic rings. The molecule has 0 aliphatic carbocycles. The van der Waals surface area contributed by atoms with Crippen LogP contribution in [-0.2, 0) is 4.74 Å². The van der Waals surface area contributed by atoms with Gasteiger partial charge in [0.1, 0.15) is 6.61 Å². The molecule has 9 heavy (non-hydrogen) atoms. The van der Waals surface area contributed by atoms with Crippen LogP contribution in [0.25, 0.3) is 0 Å². The smallest absolute Gasteiger partial charge is 0.409 e. The molecule has 1 rings (SSSR count). The molecule has 1 fully saturated rings. The Bertz CT molecular complexity index is 118. The van der Waals surface area contributed by atoms with Crippen molar-refractivity contribution in [1.82, 2.24) is 4.90 Å². The van der Waals surface area contributed by atoms with Gasteiger partial charge in [-0.3, -0.25) is 0 Å². The molecule has 0 atom stereocenters. The summed E-state index contributed by atoms with van der Waals surface area (Å²) in [4.78, 5) is 12.3. The summed E-state index contributed by atoms with van der Waals surface area (Å²) < 4.78 is 4.68. The van der Waals surface area contributed by atoms with Crippen LogP contribution in [0, 0.1) is 0 Å². The number of alkyl halides is 1. The SMILES string of the molecule is O=C1OCCN1CCBr. The first-order valence-electron chi connectivity index (χ1n) is 2.82. The molecule has 3 nitrogen and oxygen atoms in total. The van der Waals surface area contributed by atoms with Crippen molar-refractivity contribution in [3.8, 4) is 0 Å². The molecule has 0 aromatic heterocycles. The highest BCUT2D eigenvalue weighted by Crippen LogP contribution is 2.02. The zero-order chi connectivity index (χ0) is 6.69. The lowest BCUT2D eigenvalue weighted by molar-refractivity contribution is 0.160. The fourth-order valence-corrected chi connectivity index (χ4v) is 1.16. The maximum atomic E-state index is 10.6. The summed E-state index contributed by atoms with van der Waals surface area (Å²) >= 11 is 3.24. The van der Waals surface area contributed by atoms with E-state index in [0.717, 1.165) is 18.4 Å². The van der Waals surface area contributed by atoms with E-state index in [1.54, 1.807) is 4.90 Å². The van der Waals surface area contributed by atoms with Gasteiger partial charge in [0, 0.05) is 11.9 Å². The molecule has 0 unspecified atom stereocenters. The molecular weight excluding hydrogens is 186 g/mol. The lowest BCUT2D eigenvalue weighted by Gasteiger charge is -2.08. The normalized spacial score (nSPS) is 18.3. The number of halogens is 1. The van der Waals surface area contributed by atoms with Crippen molar-refractivity contribution in [3.63, 3.8) is 0 Å². The van der Waals surface area contributed by atoms with E-state index in [-0.39, 0.29) is 6.09 Å². The molecular formula is C5H8BrNO2. The number of hydrogen-bond donors (Lipinski definition) is 0. The Hall–Kier alpha value is -0.250. The first kappa shape index (κ1) is 6.86. The predicted octanol–water partition coefficient (Wildman–Crippen LogP) is 0.834. The van der Waals surface area contributed by atoms with E-state index in [1.165, 1.54) is 0 Å². The van der Waals surface area contributed by atoms with E-state index in [0.29, 0.717) is 6.61 Å². The molecule has 1 saturated heterocycles. The number of cyclic esters (lactones) is 1. The quantitative estimate of drug-likeness (QED) is 0.609. The highest BCUT2D eigenvalue weighted by atomic mass is 79.9. The summed E-state index contributed by atoms with van der Waals surface area (Å²) in [6.07, 6.45) is -0.186. The third-order valence-electron chi connectivity index (χ3n) is 1.20. The summed E-state index contributed by atoms with van der Waals surface area (Å²) in [7, 11) is 0. The Morgan fingerprint density at radius 3 is 3.00 bits per heavy atom. The number of carbonyl (C=O) groups excluding carboxylic acids is 1. The topological polar surface area (TPSA) is 29.5 Å². The minimum atomic E-state index is -0.186. The highest BCUT2D eigenvalue weighted by Gasteiger charge is 2.19. The van der Waals surface area contributed by atoms with Gasteiger partial charge in [0.25, 0.3) is 0 Å². The van der Waals surface area contributed by atoms with E-state index < -0.39 is 0 Å². The monoisotopic (exact) mass is 193 g/mol. The number of rotatable bonds is 2. The zero-order valence-electron chi connectivity index (χ0n) is 4.97. The van der Waals surface area contributed by atoms with Crippen LogP contribution in [0.2, 0.25) is 0 Å². The summed E-state index contributed by atoms with van der Waals surface area (Å²) in [5, 5.41) is 0.822. The molecule has 0 aromatic rings. The third-order valence-corrected chi connectivity index (χ3v) is 1.55. The van der Waals surface area contributed by atoms with Crippen LogP contribution in [0.4, 0.5) is 4.79 Å². The Labute approximate surface area is 62.1 Å². The summed E-state index contributed by atoms with van der Waals surface area (Å²) in [5.41, 5.74) is 0. The van der Waals surface area contributed by atoms with Gasteiger partial charge in [-0.25, -0.2) is 4.79 Å². The van der Waals surface area contributed by atoms with Crippen molar-refractivity contribution in [2.75, 3.05) is 25.0 Å². The van der Waals surface area contributed by atoms with Crippen molar-refractivity contribution in [2.24, 2.45) is 0 Å². The van der Waals surface area contributed by atoms with Crippen LogP contribution in [0.3, 0.4) is 0 Å². The van der Waals surface area contributed by atoms with E-state index in [9.17, 15) is 4.79 Å². The van der Waals surface area contributed by atoms with E-state index in [4.69, 9.17) is 0 Å². The van der Waals surface area contributed by atoms with Gasteiger partial charge in [0.2, 0.25) is 0 Å². The predicted molar refractivity (Wildman–Crippen MR) is 36.7 cm³/mol. The molecule has 0 bridgehead atoms. The first-order valence-corrected chi connectivity index (χ1v) is 3.94. The zero-order valence-corrected chi connectivity index (χ0v) is 6.56. The maximum Gasteiger partial charge on any atom is 0.409 e. The molecule has 0 N–H and O–H groups in total. The number of ether oxygens (including phenoxy) is 1. The van der Waals surface area contributed by atoms with Gasteiger partial charge >= 0.3 is 6.09 Å². The Balaban J connectivity index is 2.31. The Morgan fingerprint density at radius 1 is 1.78 bits per heavy atom. The van der Waals surface area contributed by atoms with Crippen molar-refractivity contribution in [3.05, 3.63) is 0 Å². The van der Waals surface area contributed by atoms with Gasteiger partial charge in [0.05, 0.1) is 6.54 Å². The minimum Gasteiger partial charge on any atom is -0.448 e. The largest absolute Gasteiger partial charge is 0.448 e. The Morgan fingerprint density at radius 2 is 2.56 bits per heavy atom. The average Bonchev–Trinajstić information content (AvgIpc) is 2.18. The minimum absolute atomic E-state index is 0.186. The van der Waals surface area contributed by atoms with Gasteiger partial charge in [-0.05, 0) is 0 Å². The molecule has 52 valence electrons. The maximum absolute atomic E-state index is 10.6. The third kappa shape index (κ3) is 1.58. The van der Waals surface area contributed by atoms with Crippen LogP contribution in [0.5, 0.6) is 0 Å². The van der Waals surface area contributed by atoms with Crippen LogP contribution in [0.15, 0.2) is 0 Å². The van der Waals surface area contributed by atoms with Crippen molar-refractivity contribution >= 4 is 22.0 Å². The first-order chi connectivity index (χ1) is 4.34. The molecule has 0 radical (unpaired) electrons. The summed E-state index contributed by atoms with van der Waals surface area (Å²) in [5.74, 6) is 0. The molecule has 0 saturated carbocycles. The number of amides is 1. The van der Waals surface area contributed by atoms with Gasteiger partial charge in [0.15, 0.2) is 0 Å². The number of nitrogens with zero attached hydrogens (tertiary/aromatic N) is 1. The standard InChI is InChI=1S/C5H8BrNO2/c6-1-2-7-3-4-9-5(7)8/h1-4H2. The second-order valence-corrected chi connectivity index (χ2v) is 2.58. The van der Waals surface area contributed by atoms with Crippen LogP contribution < -0.4 is 0 Å². The summed E-state index contributed by atoms with van der Waals surface area (Å²) in [6, 6.07) is 0. The fourth-order valence-electron chi connectivity index (χ4n) is 0.731. The fraction of sp³-hybridized carbons (Fsp3) is 0.800. The number of carbonyl (C=O) groups is 1. The van der Waals surface area contributed by atoms with Gasteiger partial charge in [-0.15, -0.1) is 0 Å². The second-order valence-electron chi connectivity index (χ2n) is 1.79. The van der Waals surface area contributed by atoms with Crippen LogP contribution >= 0.6 is 15.9 Å². The summed E-state index contributed by atoms with van der Waals surface area (Å²) in [6.45, 7) is 2.04. The van der Waals surface area contributed by atoms with Crippen LogP contribution in [0.1, 0.15) is 0 Å². The molecule has 4 heteroatoms. The molecule has 0 spiro atoms. The number of hydrogen-bond acceptors (Lipinski definition) is 2. The van der Waals surface area contributed by atoms with Crippen molar-refractivity contribution in [2.45, 2.75) is 0 Å². The second kappa shape index (κ2) is 3.06. The van der Waals surface area contributed by atoms with Crippen LogP contribution in [-0.4, -0.2) is 36.0 Å². The van der Waals surface area contributed by atoms with E-state index >= 15 is 0 Å². The molecule has 1 aliphatic heterocycles. The van der Waals surface area contributed by atoms with Gasteiger partial charge in [-0.1, -0.05) is 15.9 Å². The van der Waals surface area contributed by atoms with E-state index in [1.807, 2.05) is 0 Å². The van der Waals surface area contributed by atoms with Crippen molar-refractivity contribution in [1.29, 1.82) is 0 Å². The Kier molecular flexibility index (Phi) is 2.33. The van der Waals surface area contributed by atoms with Crippen molar-refractivity contribution < 1.29 is 9.53 Å². The molecule has 0 aromatic carbocycles. The van der Waals surface area contributed by atoms with Gasteiger partial charge in [-0.2, -0.15) is 0 Å². The lowest BCUT2D eigenvalue weighted by Crippen LogP contribution is -2.25. The van der Waals surface area contributed by atoms with E-state index in [2.05, 4.69) is 20.7 Å². The van der Waals surface area contributed by atoms with Gasteiger partial charge < -0.3 is 9.64 Å². The lowest BCUT2D eigenvalue weighted by atomic mass is 10.6. The molecule has 1 amide bonds. The molecule has 1 heterocycles. The average molecular weight is 194 g/mol. The highest BCUT2D eigenvalue weighted by molar-refractivity contribution is 9.09.